The first kappa shape index (κ1) is 27.5. The normalized spacial score (nSPS) is 29.5. The fraction of sp³-hybridized carbons (Fsp3) is 0.379. The van der Waals surface area contributed by atoms with Gasteiger partial charge in [0, 0.05) is 28.7 Å². The Hall–Kier alpha value is -4.06. The van der Waals surface area contributed by atoms with Crippen molar-refractivity contribution in [1.29, 1.82) is 0 Å². The number of carbonyl (C=O) groups is 4. The first-order chi connectivity index (χ1) is 18.9. The zero-order valence-corrected chi connectivity index (χ0v) is 22.1. The van der Waals surface area contributed by atoms with Crippen molar-refractivity contribution in [3.05, 3.63) is 52.6 Å². The van der Waals surface area contributed by atoms with E-state index in [0.717, 1.165) is 0 Å². The highest BCUT2D eigenvalue weighted by molar-refractivity contribution is 6.25. The van der Waals surface area contributed by atoms with Gasteiger partial charge in [0.2, 0.25) is 11.7 Å². The molecule has 2 fully saturated rings. The van der Waals surface area contributed by atoms with Crippen LogP contribution in [0, 0.1) is 17.8 Å². The van der Waals surface area contributed by atoms with Crippen LogP contribution < -0.4 is 10.5 Å². The largest absolute Gasteiger partial charge is 0.507 e. The van der Waals surface area contributed by atoms with Crippen LogP contribution in [0.15, 0.2) is 35.9 Å². The van der Waals surface area contributed by atoms with Crippen molar-refractivity contribution < 1.29 is 44.3 Å². The molecule has 2 unspecified atom stereocenters. The Kier molecular flexibility index (Phi) is 6.56. The number of nitrogens with two attached hydrogens (primary N) is 1. The maximum absolute atomic E-state index is 14.0. The highest BCUT2D eigenvalue weighted by atomic mass is 16.5. The number of aliphatic hydroxyl groups is 3. The number of nitrogens with zero attached hydrogens (tertiary/aromatic N) is 1. The van der Waals surface area contributed by atoms with E-state index in [9.17, 15) is 39.6 Å². The van der Waals surface area contributed by atoms with Crippen LogP contribution in [0.4, 0.5) is 0 Å². The number of fused-ring (bicyclic) bond motifs is 3. The molecule has 0 spiro atoms. The van der Waals surface area contributed by atoms with Crippen LogP contribution in [-0.4, -0.2) is 88.0 Å². The monoisotopic (exact) mass is 550 g/mol. The Labute approximate surface area is 229 Å². The van der Waals surface area contributed by atoms with Crippen LogP contribution in [0.3, 0.4) is 0 Å². The number of methoxy groups -OCH3 is 1. The molecule has 0 bridgehead atoms. The minimum atomic E-state index is -2.72. The van der Waals surface area contributed by atoms with Crippen molar-refractivity contribution in [3.63, 3.8) is 0 Å². The number of ketones is 2. The molecular formula is C29H30N2O9. The average Bonchev–Trinajstić information content (AvgIpc) is 2.90. The molecule has 5 rings (SSSR count). The number of phenols is 1. The standard InChI is InChI=1S/C29H30N2O9/c1-31(2)23-17-10-13-9-16-14(15-8-12(11-32)4-7-19(15)40-3)5-6-18(33)21(16)24(34)20(13)26(36)29(17,39)27(37)22(25(23)35)28(30)38/h4-8,11,13,17,22-23,25,33-35,39H,9-10H2,1-3H3,(H2,30,38)/t13-,17-,22?,23+,25?,29-/m0/s1. The number of aldehydes is 1. The Morgan fingerprint density at radius 3 is 2.45 bits per heavy atom. The number of aliphatic hydroxyl groups excluding tert-OH is 2. The number of Topliss-reactive ketones (excluding diaryl/α,β-unsaturated/α-hetero) is 2. The molecule has 3 aliphatic rings. The van der Waals surface area contributed by atoms with Crippen LogP contribution in [0.5, 0.6) is 11.5 Å². The predicted octanol–water partition coefficient (Wildman–Crippen LogP) is 0.617. The lowest BCUT2D eigenvalue weighted by molar-refractivity contribution is -0.184. The van der Waals surface area contributed by atoms with Gasteiger partial charge in [0.05, 0.1) is 18.8 Å². The summed E-state index contributed by atoms with van der Waals surface area (Å²) < 4.78 is 5.50. The van der Waals surface area contributed by atoms with E-state index >= 15 is 0 Å². The number of rotatable bonds is 5. The lowest BCUT2D eigenvalue weighted by Gasteiger charge is -2.53. The van der Waals surface area contributed by atoms with Gasteiger partial charge in [-0.2, -0.15) is 0 Å². The molecule has 0 heterocycles. The first-order valence-electron chi connectivity index (χ1n) is 12.8. The Morgan fingerprint density at radius 2 is 1.85 bits per heavy atom. The number of ether oxygens (including phenoxy) is 1. The van der Waals surface area contributed by atoms with E-state index in [0.29, 0.717) is 34.3 Å². The predicted molar refractivity (Wildman–Crippen MR) is 141 cm³/mol. The summed E-state index contributed by atoms with van der Waals surface area (Å²) in [5.74, 6) is -7.62. The summed E-state index contributed by atoms with van der Waals surface area (Å²) in [5.41, 5.74) is 4.32. The zero-order valence-electron chi connectivity index (χ0n) is 22.1. The number of amides is 1. The van der Waals surface area contributed by atoms with Gasteiger partial charge in [-0.05, 0) is 68.2 Å². The molecule has 2 saturated carbocycles. The molecule has 210 valence electrons. The molecule has 2 aromatic rings. The van der Waals surface area contributed by atoms with E-state index < -0.39 is 58.7 Å². The summed E-state index contributed by atoms with van der Waals surface area (Å²) in [6.07, 6.45) is -0.769. The molecule has 2 aromatic carbocycles. The minimum absolute atomic E-state index is 0.00118. The van der Waals surface area contributed by atoms with Crippen molar-refractivity contribution >= 4 is 29.5 Å². The fourth-order valence-electron chi connectivity index (χ4n) is 6.87. The van der Waals surface area contributed by atoms with E-state index in [4.69, 9.17) is 10.5 Å². The highest BCUT2D eigenvalue weighted by Crippen LogP contribution is 2.53. The molecule has 6 N–H and O–H groups in total. The number of aromatic hydroxyl groups is 1. The molecule has 6 atom stereocenters. The molecular weight excluding hydrogens is 520 g/mol. The van der Waals surface area contributed by atoms with Gasteiger partial charge in [0.15, 0.2) is 11.4 Å². The smallest absolute Gasteiger partial charge is 0.230 e. The molecule has 0 radical (unpaired) electrons. The topological polar surface area (TPSA) is 188 Å². The number of carbonyl (C=O) groups excluding carboxylic acids is 4. The quantitative estimate of drug-likeness (QED) is 0.261. The number of phenolic OH excluding ortho intramolecular Hbond substituents is 1. The van der Waals surface area contributed by atoms with Gasteiger partial charge in [0.25, 0.3) is 0 Å². The van der Waals surface area contributed by atoms with Crippen molar-refractivity contribution in [1.82, 2.24) is 4.90 Å². The maximum Gasteiger partial charge on any atom is 0.230 e. The summed E-state index contributed by atoms with van der Waals surface area (Å²) in [4.78, 5) is 52.6. The summed E-state index contributed by atoms with van der Waals surface area (Å²) in [5, 5.41) is 44.9. The average molecular weight is 551 g/mol. The Bertz CT molecular complexity index is 1500. The lowest BCUT2D eigenvalue weighted by atomic mass is 9.54. The minimum Gasteiger partial charge on any atom is -0.507 e. The third-order valence-electron chi connectivity index (χ3n) is 8.62. The van der Waals surface area contributed by atoms with E-state index in [1.165, 1.54) is 18.1 Å². The van der Waals surface area contributed by atoms with Crippen LogP contribution >= 0.6 is 0 Å². The third kappa shape index (κ3) is 3.69. The van der Waals surface area contributed by atoms with Gasteiger partial charge in [0.1, 0.15) is 29.5 Å². The van der Waals surface area contributed by atoms with Crippen LogP contribution in [0.25, 0.3) is 16.9 Å². The van der Waals surface area contributed by atoms with E-state index in [1.807, 2.05) is 0 Å². The number of hydrogen-bond acceptors (Lipinski definition) is 10. The highest BCUT2D eigenvalue weighted by Gasteiger charge is 2.67. The molecule has 40 heavy (non-hydrogen) atoms. The van der Waals surface area contributed by atoms with Gasteiger partial charge in [-0.15, -0.1) is 0 Å². The van der Waals surface area contributed by atoms with E-state index in [2.05, 4.69) is 0 Å². The second-order valence-corrected chi connectivity index (χ2v) is 10.9. The zero-order chi connectivity index (χ0) is 29.3. The fourth-order valence-corrected chi connectivity index (χ4v) is 6.87. The third-order valence-corrected chi connectivity index (χ3v) is 8.62. The summed E-state index contributed by atoms with van der Waals surface area (Å²) >= 11 is 0. The molecule has 11 nitrogen and oxygen atoms in total. The summed E-state index contributed by atoms with van der Waals surface area (Å²) in [6.45, 7) is 0. The van der Waals surface area contributed by atoms with Crippen molar-refractivity contribution in [2.24, 2.45) is 23.5 Å². The van der Waals surface area contributed by atoms with Crippen LogP contribution in [-0.2, 0) is 20.8 Å². The van der Waals surface area contributed by atoms with Gasteiger partial charge in [-0.3, -0.25) is 19.2 Å². The number of benzene rings is 2. The molecule has 0 aliphatic heterocycles. The molecule has 11 heteroatoms. The maximum atomic E-state index is 14.0. The lowest BCUT2D eigenvalue weighted by Crippen LogP contribution is -2.73. The molecule has 3 aliphatic carbocycles. The second kappa shape index (κ2) is 9.54. The number of hydrogen-bond donors (Lipinski definition) is 5. The first-order valence-corrected chi connectivity index (χ1v) is 12.8. The van der Waals surface area contributed by atoms with E-state index in [-0.39, 0.29) is 29.7 Å². The number of primary amides is 1. The van der Waals surface area contributed by atoms with Gasteiger partial charge in [-0.1, -0.05) is 6.07 Å². The van der Waals surface area contributed by atoms with Crippen molar-refractivity contribution in [2.75, 3.05) is 21.2 Å². The molecule has 1 amide bonds. The van der Waals surface area contributed by atoms with Gasteiger partial charge < -0.3 is 35.8 Å². The van der Waals surface area contributed by atoms with Gasteiger partial charge in [-0.25, -0.2) is 0 Å². The Balaban J connectivity index is 1.73. The van der Waals surface area contributed by atoms with Crippen LogP contribution in [0.2, 0.25) is 0 Å². The van der Waals surface area contributed by atoms with Crippen molar-refractivity contribution in [3.8, 4) is 22.6 Å². The SMILES string of the molecule is COc1ccc(C=O)cc1-c1ccc(O)c2c1C[C@H]1C[C@H]3[C@@H](N(C)C)C(O)C(C(N)=O)C(=O)[C@@]3(O)C(=O)C1=C2O. The summed E-state index contributed by atoms with van der Waals surface area (Å²) in [7, 11) is 4.65. The Morgan fingerprint density at radius 1 is 1.15 bits per heavy atom. The van der Waals surface area contributed by atoms with Crippen molar-refractivity contribution in [2.45, 2.75) is 30.6 Å². The molecule has 0 saturated heterocycles. The number of likely N-dealkylation sites (N-methyl/N-ethyl adjacent to an activating group) is 1. The molecule has 0 aromatic heterocycles. The van der Waals surface area contributed by atoms with Gasteiger partial charge >= 0.3 is 0 Å². The van der Waals surface area contributed by atoms with E-state index in [1.54, 1.807) is 38.4 Å². The second-order valence-electron chi connectivity index (χ2n) is 10.9. The van der Waals surface area contributed by atoms with Crippen LogP contribution in [0.1, 0.15) is 27.9 Å². The summed E-state index contributed by atoms with van der Waals surface area (Å²) in [6, 6.07) is 6.79.